The lowest BCUT2D eigenvalue weighted by Crippen LogP contribution is -2.23. The number of nitrogens with two attached hydrogens (primary N) is 1. The van der Waals surface area contributed by atoms with Gasteiger partial charge in [0.15, 0.2) is 0 Å². The summed E-state index contributed by atoms with van der Waals surface area (Å²) in [6.07, 6.45) is 17.0. The van der Waals surface area contributed by atoms with Crippen LogP contribution in [-0.4, -0.2) is 80.0 Å². The van der Waals surface area contributed by atoms with Crippen molar-refractivity contribution < 1.29 is 17.9 Å². The number of anilines is 1. The van der Waals surface area contributed by atoms with Crippen LogP contribution in [0.4, 0.5) is 5.95 Å². The number of methoxy groups -OCH3 is 2. The van der Waals surface area contributed by atoms with Crippen molar-refractivity contribution in [1.82, 2.24) is 39.0 Å². The molecular formula is C49H50Cl4N10O4S. The Bertz CT molecular complexity index is 3170. The number of nitrogens with zero attached hydrogens (tertiary/aromatic N) is 8. The number of rotatable bonds is 9. The van der Waals surface area contributed by atoms with Crippen LogP contribution in [0.25, 0.3) is 56.5 Å². The van der Waals surface area contributed by atoms with Crippen LogP contribution in [0.15, 0.2) is 102 Å². The summed E-state index contributed by atoms with van der Waals surface area (Å²) in [5.74, 6) is 4.33. The molecule has 0 saturated heterocycles. The van der Waals surface area contributed by atoms with E-state index in [1.165, 1.54) is 57.6 Å². The number of nitrogens with one attached hydrogen (secondary N) is 1. The Balaban J connectivity index is 0.000000161. The summed E-state index contributed by atoms with van der Waals surface area (Å²) >= 11 is 24.7. The van der Waals surface area contributed by atoms with Crippen LogP contribution in [-0.2, 0) is 9.84 Å². The van der Waals surface area contributed by atoms with E-state index in [-0.39, 0.29) is 5.16 Å². The van der Waals surface area contributed by atoms with Crippen molar-refractivity contribution in [3.63, 3.8) is 0 Å². The zero-order chi connectivity index (χ0) is 48.0. The molecule has 0 aliphatic heterocycles. The highest BCUT2D eigenvalue weighted by molar-refractivity contribution is 7.90. The van der Waals surface area contributed by atoms with Crippen molar-refractivity contribution in [2.24, 2.45) is 5.73 Å². The van der Waals surface area contributed by atoms with E-state index in [2.05, 4.69) is 20.3 Å². The van der Waals surface area contributed by atoms with E-state index in [0.29, 0.717) is 77.9 Å². The second kappa shape index (κ2) is 21.8. The Labute approximate surface area is 415 Å². The Hall–Kier alpha value is -5.55. The highest BCUT2D eigenvalue weighted by atomic mass is 35.5. The third-order valence-corrected chi connectivity index (χ3v) is 14.1. The number of ether oxygens (including phenoxy) is 2. The molecule has 19 heteroatoms. The Morgan fingerprint density at radius 3 is 1.53 bits per heavy atom. The first-order valence-electron chi connectivity index (χ1n) is 22.2. The number of benzene rings is 4. The molecule has 0 radical (unpaired) electrons. The summed E-state index contributed by atoms with van der Waals surface area (Å²) in [6.45, 7) is 0. The summed E-state index contributed by atoms with van der Waals surface area (Å²) in [4.78, 5) is 27.0. The van der Waals surface area contributed by atoms with Gasteiger partial charge in [-0.2, -0.15) is 4.98 Å². The molecule has 0 amide bonds. The monoisotopic (exact) mass is 1010 g/mol. The van der Waals surface area contributed by atoms with Crippen molar-refractivity contribution in [1.29, 1.82) is 0 Å². The van der Waals surface area contributed by atoms with E-state index in [4.69, 9.17) is 76.6 Å². The Morgan fingerprint density at radius 1 is 0.588 bits per heavy atom. The fourth-order valence-corrected chi connectivity index (χ4v) is 9.35. The first kappa shape index (κ1) is 48.9. The normalized spacial score (nSPS) is 14.5. The van der Waals surface area contributed by atoms with Crippen LogP contribution in [0.1, 0.15) is 64.2 Å². The highest BCUT2D eigenvalue weighted by Gasteiger charge is 2.21. The summed E-state index contributed by atoms with van der Waals surface area (Å²) in [5.41, 5.74) is 10.2. The van der Waals surface area contributed by atoms with Crippen LogP contribution in [0.2, 0.25) is 20.1 Å². The minimum absolute atomic E-state index is 0.273. The summed E-state index contributed by atoms with van der Waals surface area (Å²) in [6, 6.07) is 26.3. The van der Waals surface area contributed by atoms with Gasteiger partial charge in [0.2, 0.25) is 20.9 Å². The van der Waals surface area contributed by atoms with E-state index in [9.17, 15) is 8.42 Å². The van der Waals surface area contributed by atoms with Gasteiger partial charge in [-0.1, -0.05) is 84.9 Å². The molecule has 3 N–H and O–H groups in total. The number of aromatic nitrogens is 8. The number of fused-ring (bicyclic) bond motifs is 2. The van der Waals surface area contributed by atoms with Gasteiger partial charge < -0.3 is 20.5 Å². The third-order valence-electron chi connectivity index (χ3n) is 11.7. The van der Waals surface area contributed by atoms with Crippen molar-refractivity contribution in [2.45, 2.75) is 81.4 Å². The van der Waals surface area contributed by atoms with Gasteiger partial charge in [0, 0.05) is 54.0 Å². The first-order chi connectivity index (χ1) is 32.8. The molecule has 4 aromatic heterocycles. The number of imidazole rings is 2. The molecule has 354 valence electrons. The lowest BCUT2D eigenvalue weighted by Gasteiger charge is -2.22. The lowest BCUT2D eigenvalue weighted by molar-refractivity contribution is 0.415. The Kier molecular flexibility index (Phi) is 15.7. The largest absolute Gasteiger partial charge is 0.497 e. The molecule has 68 heavy (non-hydrogen) atoms. The molecule has 4 aromatic carbocycles. The lowest BCUT2D eigenvalue weighted by atomic mass is 9.96. The average Bonchev–Trinajstić information content (AvgIpc) is 3.93. The molecule has 8 aromatic rings. The van der Waals surface area contributed by atoms with Crippen LogP contribution in [0.3, 0.4) is 0 Å². The van der Waals surface area contributed by atoms with Gasteiger partial charge >= 0.3 is 0 Å². The summed E-state index contributed by atoms with van der Waals surface area (Å²) < 4.78 is 38.3. The van der Waals surface area contributed by atoms with E-state index in [0.717, 1.165) is 47.3 Å². The zero-order valence-electron chi connectivity index (χ0n) is 37.7. The molecule has 10 rings (SSSR count). The summed E-state index contributed by atoms with van der Waals surface area (Å²) in [5, 5.41) is 5.01. The van der Waals surface area contributed by atoms with Crippen LogP contribution in [0.5, 0.6) is 11.5 Å². The molecule has 2 fully saturated rings. The molecule has 14 nitrogen and oxygen atoms in total. The van der Waals surface area contributed by atoms with E-state index >= 15 is 0 Å². The fourth-order valence-electron chi connectivity index (χ4n) is 8.24. The van der Waals surface area contributed by atoms with Gasteiger partial charge in [-0.15, -0.1) is 0 Å². The average molecular weight is 1020 g/mol. The Morgan fingerprint density at radius 2 is 1.07 bits per heavy atom. The molecule has 0 spiro atoms. The number of halogens is 4. The molecule has 2 saturated carbocycles. The minimum Gasteiger partial charge on any atom is -0.497 e. The summed E-state index contributed by atoms with van der Waals surface area (Å²) in [7, 11) is -0.370. The van der Waals surface area contributed by atoms with Gasteiger partial charge in [0.1, 0.15) is 34.8 Å². The predicted molar refractivity (Wildman–Crippen MR) is 272 cm³/mol. The second-order valence-corrected chi connectivity index (χ2v) is 20.1. The third kappa shape index (κ3) is 11.5. The smallest absolute Gasteiger partial charge is 0.248 e. The quantitative estimate of drug-likeness (QED) is 0.131. The van der Waals surface area contributed by atoms with Crippen molar-refractivity contribution in [3.05, 3.63) is 117 Å². The second-order valence-electron chi connectivity index (χ2n) is 16.6. The van der Waals surface area contributed by atoms with E-state index < -0.39 is 9.84 Å². The highest BCUT2D eigenvalue weighted by Crippen LogP contribution is 2.35. The zero-order valence-corrected chi connectivity index (χ0v) is 41.5. The topological polar surface area (TPSA) is 178 Å². The van der Waals surface area contributed by atoms with Gasteiger partial charge in [0.05, 0.1) is 56.4 Å². The first-order valence-corrected chi connectivity index (χ1v) is 25.6. The molecule has 2 aliphatic carbocycles. The van der Waals surface area contributed by atoms with Crippen molar-refractivity contribution in [3.8, 4) is 45.9 Å². The van der Waals surface area contributed by atoms with Gasteiger partial charge in [-0.25, -0.2) is 33.3 Å². The van der Waals surface area contributed by atoms with Crippen LogP contribution in [0, 0.1) is 0 Å². The maximum Gasteiger partial charge on any atom is 0.248 e. The van der Waals surface area contributed by atoms with E-state index in [1.807, 2.05) is 47.0 Å². The predicted octanol–water partition coefficient (Wildman–Crippen LogP) is 12.0. The van der Waals surface area contributed by atoms with Crippen LogP contribution >= 0.6 is 46.4 Å². The van der Waals surface area contributed by atoms with Crippen molar-refractivity contribution in [2.75, 3.05) is 25.8 Å². The molecule has 0 unspecified atom stereocenters. The van der Waals surface area contributed by atoms with E-state index in [1.54, 1.807) is 67.4 Å². The van der Waals surface area contributed by atoms with Gasteiger partial charge in [0.25, 0.3) is 0 Å². The minimum atomic E-state index is -3.58. The molecule has 0 atom stereocenters. The van der Waals surface area contributed by atoms with Gasteiger partial charge in [-0.05, 0) is 98.5 Å². The molecule has 0 bridgehead atoms. The standard InChI is InChI=1S/C24H23Cl2N5O.C19H14Cl2N4O3S.C6H13N/c1-32-17-8-10-21-20(14-17)29-23(15-7-9-18(25)19(26)13-15)31(21)22-11-12-27-24(30-22)28-16-5-3-2-4-6-16;1-28-12-4-6-16-15(10-12)23-18(11-3-5-13(20)14(21)9-11)25(16)17-7-8-22-19(24-17)29(2,26)27;7-6-4-2-1-3-5-6/h7-14,16H,2-6H2,1H3,(H,27,28,30);3-10H,1-2H3;6H,1-5,7H2. The van der Waals surface area contributed by atoms with Crippen LogP contribution < -0.4 is 20.5 Å². The number of hydrogen-bond acceptors (Lipinski definition) is 12. The number of sulfone groups is 1. The SMILES string of the molecule is COc1ccc2c(c1)nc(-c1ccc(Cl)c(Cl)c1)n2-c1ccnc(NC2CCCCC2)n1.COc1ccc2c(c1)nc(-c1ccc(Cl)c(Cl)c1)n2-c1ccnc(S(C)(=O)=O)n1.NC1CCCCC1. The maximum absolute atomic E-state index is 11.9. The van der Waals surface area contributed by atoms with Gasteiger partial charge in [-0.3, -0.25) is 9.13 Å². The van der Waals surface area contributed by atoms with Crippen molar-refractivity contribution >= 4 is 84.3 Å². The molecule has 2 aliphatic rings. The maximum atomic E-state index is 11.9. The molecular weight excluding hydrogens is 966 g/mol. The fraction of sp³-hybridized carbons (Fsp3) is 0.306. The molecule has 4 heterocycles. The number of hydrogen-bond donors (Lipinski definition) is 2.